The Morgan fingerprint density at radius 2 is 2.06 bits per heavy atom. The number of fused-ring (bicyclic) bond motifs is 1. The lowest BCUT2D eigenvalue weighted by atomic mass is 10.1. The quantitative estimate of drug-likeness (QED) is 0.688. The third-order valence-electron chi connectivity index (χ3n) is 5.78. The van der Waals surface area contributed by atoms with E-state index < -0.39 is 0 Å². The predicted molar refractivity (Wildman–Crippen MR) is 122 cm³/mol. The summed E-state index contributed by atoms with van der Waals surface area (Å²) in [5, 5.41) is 8.32. The van der Waals surface area contributed by atoms with Crippen LogP contribution < -0.4 is 15.1 Å². The SMILES string of the molecule is CC[C@H]1CN(C(=O)Nc2ncc(N(C)C)nc2C)CCN1c1ccnc2c1cnn2C. The maximum atomic E-state index is 13.0. The zero-order valence-corrected chi connectivity index (χ0v) is 18.7. The van der Waals surface area contributed by atoms with E-state index in [1.54, 1.807) is 10.9 Å². The minimum Gasteiger partial charge on any atom is -0.364 e. The van der Waals surface area contributed by atoms with Crippen molar-refractivity contribution in [3.8, 4) is 0 Å². The number of aromatic nitrogens is 5. The molecule has 1 atom stereocenters. The summed E-state index contributed by atoms with van der Waals surface area (Å²) >= 11 is 0. The number of anilines is 3. The maximum absolute atomic E-state index is 13.0. The molecule has 1 N–H and O–H groups in total. The summed E-state index contributed by atoms with van der Waals surface area (Å²) in [6.45, 7) is 5.99. The normalized spacial score (nSPS) is 16.6. The molecule has 10 nitrogen and oxygen atoms in total. The van der Waals surface area contributed by atoms with Gasteiger partial charge in [-0.3, -0.25) is 10.00 Å². The summed E-state index contributed by atoms with van der Waals surface area (Å²) in [6.07, 6.45) is 6.27. The second-order valence-electron chi connectivity index (χ2n) is 8.02. The van der Waals surface area contributed by atoms with Crippen LogP contribution in [0.25, 0.3) is 11.0 Å². The molecule has 1 aliphatic heterocycles. The van der Waals surface area contributed by atoms with E-state index in [0.29, 0.717) is 24.6 Å². The monoisotopic (exact) mass is 423 g/mol. The van der Waals surface area contributed by atoms with E-state index in [1.807, 2.05) is 56.3 Å². The highest BCUT2D eigenvalue weighted by atomic mass is 16.2. The van der Waals surface area contributed by atoms with Crippen molar-refractivity contribution in [1.82, 2.24) is 29.6 Å². The fourth-order valence-corrected chi connectivity index (χ4v) is 3.98. The molecule has 3 aromatic rings. The summed E-state index contributed by atoms with van der Waals surface area (Å²) < 4.78 is 1.79. The van der Waals surface area contributed by atoms with Crippen molar-refractivity contribution in [2.75, 3.05) is 48.8 Å². The minimum absolute atomic E-state index is 0.144. The lowest BCUT2D eigenvalue weighted by molar-refractivity contribution is 0.197. The molecule has 4 rings (SSSR count). The smallest absolute Gasteiger partial charge is 0.323 e. The molecular weight excluding hydrogens is 394 g/mol. The molecule has 3 aromatic heterocycles. The summed E-state index contributed by atoms with van der Waals surface area (Å²) in [7, 11) is 5.72. The van der Waals surface area contributed by atoms with Crippen LogP contribution in [0, 0.1) is 6.92 Å². The minimum atomic E-state index is -0.144. The first-order valence-corrected chi connectivity index (χ1v) is 10.5. The summed E-state index contributed by atoms with van der Waals surface area (Å²) in [5.74, 6) is 1.26. The number of amides is 2. The number of rotatable bonds is 4. The van der Waals surface area contributed by atoms with E-state index in [0.717, 1.165) is 35.5 Å². The Balaban J connectivity index is 1.49. The molecular formula is C21H29N9O. The Kier molecular flexibility index (Phi) is 5.62. The summed E-state index contributed by atoms with van der Waals surface area (Å²) in [4.78, 5) is 32.4. The molecule has 0 unspecified atom stereocenters. The van der Waals surface area contributed by atoms with Crippen LogP contribution in [-0.2, 0) is 7.05 Å². The Morgan fingerprint density at radius 1 is 1.26 bits per heavy atom. The maximum Gasteiger partial charge on any atom is 0.323 e. The Bertz CT molecular complexity index is 1090. The van der Waals surface area contributed by atoms with E-state index >= 15 is 0 Å². The van der Waals surface area contributed by atoms with Gasteiger partial charge in [0.1, 0.15) is 5.82 Å². The molecule has 0 spiro atoms. The lowest BCUT2D eigenvalue weighted by Crippen LogP contribution is -2.55. The van der Waals surface area contributed by atoms with Gasteiger partial charge in [-0.1, -0.05) is 6.92 Å². The van der Waals surface area contributed by atoms with Crippen LogP contribution in [0.5, 0.6) is 0 Å². The van der Waals surface area contributed by atoms with Gasteiger partial charge in [-0.25, -0.2) is 19.7 Å². The number of aryl methyl sites for hydroxylation is 2. The third-order valence-corrected chi connectivity index (χ3v) is 5.78. The highest BCUT2D eigenvalue weighted by Crippen LogP contribution is 2.29. The predicted octanol–water partition coefficient (Wildman–Crippen LogP) is 2.27. The first-order chi connectivity index (χ1) is 14.9. The zero-order chi connectivity index (χ0) is 22.1. The summed E-state index contributed by atoms with van der Waals surface area (Å²) in [5.41, 5.74) is 2.68. The van der Waals surface area contributed by atoms with Gasteiger partial charge in [0.2, 0.25) is 0 Å². The molecule has 2 amide bonds. The number of hydrogen-bond donors (Lipinski definition) is 1. The number of nitrogens with one attached hydrogen (secondary N) is 1. The van der Waals surface area contributed by atoms with Crippen molar-refractivity contribution in [1.29, 1.82) is 0 Å². The average molecular weight is 424 g/mol. The molecule has 164 valence electrons. The number of piperazine rings is 1. The van der Waals surface area contributed by atoms with Crippen molar-refractivity contribution < 1.29 is 4.79 Å². The van der Waals surface area contributed by atoms with Crippen molar-refractivity contribution in [2.24, 2.45) is 7.05 Å². The average Bonchev–Trinajstić information content (AvgIpc) is 3.15. The van der Waals surface area contributed by atoms with Gasteiger partial charge >= 0.3 is 6.03 Å². The van der Waals surface area contributed by atoms with Crippen molar-refractivity contribution in [2.45, 2.75) is 26.3 Å². The first kappa shape index (κ1) is 20.8. The molecule has 0 saturated carbocycles. The molecule has 1 saturated heterocycles. The number of carbonyl (C=O) groups is 1. The van der Waals surface area contributed by atoms with E-state index in [1.165, 1.54) is 0 Å². The molecule has 0 radical (unpaired) electrons. The van der Waals surface area contributed by atoms with Gasteiger partial charge in [0, 0.05) is 53.0 Å². The molecule has 0 bridgehead atoms. The van der Waals surface area contributed by atoms with Gasteiger partial charge in [-0.05, 0) is 19.4 Å². The van der Waals surface area contributed by atoms with Crippen molar-refractivity contribution >= 4 is 34.4 Å². The third kappa shape index (κ3) is 3.97. The molecule has 0 aliphatic carbocycles. The standard InChI is InChI=1S/C21H29N9O/c1-6-15-13-29(21(31)26-19-14(2)25-18(12-23-19)27(3)4)9-10-30(15)17-7-8-22-20-16(17)11-24-28(20)5/h7-8,11-12,15H,6,9-10,13H2,1-5H3,(H,23,26,31)/t15-/m0/s1. The molecule has 31 heavy (non-hydrogen) atoms. The number of nitrogens with zero attached hydrogens (tertiary/aromatic N) is 8. The van der Waals surface area contributed by atoms with Gasteiger partial charge in [0.05, 0.1) is 29.2 Å². The lowest BCUT2D eigenvalue weighted by Gasteiger charge is -2.42. The first-order valence-electron chi connectivity index (χ1n) is 10.5. The van der Waals surface area contributed by atoms with Gasteiger partial charge in [0.25, 0.3) is 0 Å². The van der Waals surface area contributed by atoms with Gasteiger partial charge in [-0.15, -0.1) is 0 Å². The molecule has 4 heterocycles. The second-order valence-corrected chi connectivity index (χ2v) is 8.02. The fourth-order valence-electron chi connectivity index (χ4n) is 3.98. The van der Waals surface area contributed by atoms with E-state index in [2.05, 4.69) is 37.2 Å². The van der Waals surface area contributed by atoms with Crippen LogP contribution in [0.4, 0.5) is 22.1 Å². The van der Waals surface area contributed by atoms with Crippen LogP contribution in [0.3, 0.4) is 0 Å². The Hall–Kier alpha value is -3.43. The van der Waals surface area contributed by atoms with Gasteiger partial charge in [0.15, 0.2) is 11.5 Å². The van der Waals surface area contributed by atoms with Crippen molar-refractivity contribution in [3.63, 3.8) is 0 Å². The number of hydrogen-bond acceptors (Lipinski definition) is 7. The van der Waals surface area contributed by atoms with E-state index in [4.69, 9.17) is 0 Å². The van der Waals surface area contributed by atoms with Crippen LogP contribution >= 0.6 is 0 Å². The van der Waals surface area contributed by atoms with Crippen LogP contribution in [-0.4, -0.2) is 75.4 Å². The second kappa shape index (κ2) is 8.37. The van der Waals surface area contributed by atoms with Gasteiger partial charge < -0.3 is 14.7 Å². The number of urea groups is 1. The van der Waals surface area contributed by atoms with Gasteiger partial charge in [-0.2, -0.15) is 5.10 Å². The molecule has 1 aliphatic rings. The zero-order valence-electron chi connectivity index (χ0n) is 18.7. The highest BCUT2D eigenvalue weighted by Gasteiger charge is 2.30. The Morgan fingerprint density at radius 3 is 2.77 bits per heavy atom. The van der Waals surface area contributed by atoms with Crippen LogP contribution in [0.1, 0.15) is 19.0 Å². The van der Waals surface area contributed by atoms with E-state index in [-0.39, 0.29) is 12.1 Å². The van der Waals surface area contributed by atoms with Crippen molar-refractivity contribution in [3.05, 3.63) is 30.4 Å². The molecule has 10 heteroatoms. The van der Waals surface area contributed by atoms with Crippen LogP contribution in [0.2, 0.25) is 0 Å². The topological polar surface area (TPSA) is 95.3 Å². The fraction of sp³-hybridized carbons (Fsp3) is 0.476. The molecule has 1 fully saturated rings. The number of pyridine rings is 1. The largest absolute Gasteiger partial charge is 0.364 e. The summed E-state index contributed by atoms with van der Waals surface area (Å²) in [6, 6.07) is 2.09. The number of carbonyl (C=O) groups excluding carboxylic acids is 1. The Labute approximate surface area is 181 Å². The molecule has 0 aromatic carbocycles. The van der Waals surface area contributed by atoms with Crippen LogP contribution in [0.15, 0.2) is 24.7 Å². The highest BCUT2D eigenvalue weighted by molar-refractivity contribution is 5.91. The van der Waals surface area contributed by atoms with E-state index in [9.17, 15) is 4.79 Å².